The minimum absolute atomic E-state index is 0.112. The predicted molar refractivity (Wildman–Crippen MR) is 98.1 cm³/mol. The minimum Gasteiger partial charge on any atom is -0.350 e. The van der Waals surface area contributed by atoms with Crippen LogP contribution in [0.25, 0.3) is 0 Å². The smallest absolute Gasteiger partial charge is 0.271 e. The van der Waals surface area contributed by atoms with E-state index in [9.17, 15) is 4.79 Å². The standard InChI is InChI=1S/C18H25N7O/c26-18(16-7-11-25(23-16)15-4-1-8-19-12-15)20-13-14-5-3-10-24(14)17-6-2-9-21-22-17/h2,6-7,9,11,14-15,19H,1,3-5,8,10,12-13H2,(H,20,26). The fourth-order valence-corrected chi connectivity index (χ4v) is 3.82. The molecule has 138 valence electrons. The molecule has 2 aliphatic rings. The molecule has 0 aromatic carbocycles. The molecule has 0 saturated carbocycles. The van der Waals surface area contributed by atoms with Gasteiger partial charge in [0.05, 0.1) is 6.04 Å². The van der Waals surface area contributed by atoms with Crippen molar-refractivity contribution in [2.75, 3.05) is 31.1 Å². The minimum atomic E-state index is -0.112. The molecule has 2 aromatic heterocycles. The first-order valence-electron chi connectivity index (χ1n) is 9.39. The SMILES string of the molecule is O=C(NCC1CCCN1c1cccnn1)c1ccn(C2CCCNC2)n1. The lowest BCUT2D eigenvalue weighted by molar-refractivity contribution is 0.0945. The highest BCUT2D eigenvalue weighted by atomic mass is 16.1. The van der Waals surface area contributed by atoms with Crippen molar-refractivity contribution in [3.8, 4) is 0 Å². The summed E-state index contributed by atoms with van der Waals surface area (Å²) in [6, 6.07) is 6.25. The van der Waals surface area contributed by atoms with Crippen molar-refractivity contribution >= 4 is 11.7 Å². The number of aromatic nitrogens is 4. The van der Waals surface area contributed by atoms with Gasteiger partial charge in [0.15, 0.2) is 5.82 Å². The van der Waals surface area contributed by atoms with Crippen molar-refractivity contribution in [2.45, 2.75) is 37.8 Å². The lowest BCUT2D eigenvalue weighted by Crippen LogP contribution is -2.40. The zero-order chi connectivity index (χ0) is 17.8. The van der Waals surface area contributed by atoms with Gasteiger partial charge in [0.2, 0.25) is 0 Å². The van der Waals surface area contributed by atoms with Crippen LogP contribution in [0.1, 0.15) is 42.2 Å². The molecule has 2 aromatic rings. The van der Waals surface area contributed by atoms with Crippen LogP contribution in [-0.2, 0) is 0 Å². The summed E-state index contributed by atoms with van der Waals surface area (Å²) in [5.41, 5.74) is 0.486. The number of hydrogen-bond donors (Lipinski definition) is 2. The zero-order valence-corrected chi connectivity index (χ0v) is 14.8. The number of carbonyl (C=O) groups excluding carboxylic acids is 1. The van der Waals surface area contributed by atoms with E-state index in [1.54, 1.807) is 12.3 Å². The Kier molecular flexibility index (Phi) is 5.10. The van der Waals surface area contributed by atoms with Gasteiger partial charge in [-0.15, -0.1) is 5.10 Å². The largest absolute Gasteiger partial charge is 0.350 e. The number of amides is 1. The van der Waals surface area contributed by atoms with Crippen LogP contribution < -0.4 is 15.5 Å². The molecule has 2 fully saturated rings. The van der Waals surface area contributed by atoms with E-state index in [4.69, 9.17) is 0 Å². The number of nitrogens with one attached hydrogen (secondary N) is 2. The van der Waals surface area contributed by atoms with Gasteiger partial charge in [-0.3, -0.25) is 9.48 Å². The first-order valence-corrected chi connectivity index (χ1v) is 9.39. The Balaban J connectivity index is 1.34. The lowest BCUT2D eigenvalue weighted by Gasteiger charge is -2.25. The van der Waals surface area contributed by atoms with Gasteiger partial charge in [0, 0.05) is 38.1 Å². The van der Waals surface area contributed by atoms with Crippen LogP contribution in [0.2, 0.25) is 0 Å². The highest BCUT2D eigenvalue weighted by Crippen LogP contribution is 2.22. The molecule has 2 atom stereocenters. The molecular formula is C18H25N7O. The van der Waals surface area contributed by atoms with Crippen molar-refractivity contribution < 1.29 is 4.79 Å². The molecule has 0 spiro atoms. The van der Waals surface area contributed by atoms with Gasteiger partial charge in [-0.25, -0.2) is 0 Å². The number of hydrogen-bond acceptors (Lipinski definition) is 6. The Hall–Kier alpha value is -2.48. The molecule has 4 heterocycles. The van der Waals surface area contributed by atoms with Crippen molar-refractivity contribution in [1.29, 1.82) is 0 Å². The van der Waals surface area contributed by atoms with Gasteiger partial charge in [-0.05, 0) is 50.4 Å². The normalized spacial score (nSPS) is 23.2. The summed E-state index contributed by atoms with van der Waals surface area (Å²) in [5, 5.41) is 19.0. The Morgan fingerprint density at radius 1 is 1.31 bits per heavy atom. The number of anilines is 1. The molecule has 2 saturated heterocycles. The molecule has 8 nitrogen and oxygen atoms in total. The molecule has 1 amide bonds. The molecular weight excluding hydrogens is 330 g/mol. The molecule has 8 heteroatoms. The molecule has 2 aliphatic heterocycles. The maximum Gasteiger partial charge on any atom is 0.271 e. The van der Waals surface area contributed by atoms with Gasteiger partial charge >= 0.3 is 0 Å². The summed E-state index contributed by atoms with van der Waals surface area (Å²) in [4.78, 5) is 14.7. The zero-order valence-electron chi connectivity index (χ0n) is 14.8. The van der Waals surface area contributed by atoms with E-state index in [-0.39, 0.29) is 11.9 Å². The highest BCUT2D eigenvalue weighted by molar-refractivity contribution is 5.92. The third-order valence-electron chi connectivity index (χ3n) is 5.21. The molecule has 2 N–H and O–H groups in total. The topological polar surface area (TPSA) is 88.0 Å². The first-order chi connectivity index (χ1) is 12.8. The maximum absolute atomic E-state index is 12.5. The second-order valence-electron chi connectivity index (χ2n) is 6.96. The summed E-state index contributed by atoms with van der Waals surface area (Å²) in [6.07, 6.45) is 7.97. The lowest BCUT2D eigenvalue weighted by atomic mass is 10.1. The number of piperidine rings is 1. The Bertz CT molecular complexity index is 726. The maximum atomic E-state index is 12.5. The number of carbonyl (C=O) groups is 1. The molecule has 2 unspecified atom stereocenters. The van der Waals surface area contributed by atoms with Crippen LogP contribution in [0.4, 0.5) is 5.82 Å². The van der Waals surface area contributed by atoms with E-state index in [1.165, 1.54) is 0 Å². The third-order valence-corrected chi connectivity index (χ3v) is 5.21. The first kappa shape index (κ1) is 17.0. The highest BCUT2D eigenvalue weighted by Gasteiger charge is 2.26. The van der Waals surface area contributed by atoms with Crippen LogP contribution >= 0.6 is 0 Å². The second-order valence-corrected chi connectivity index (χ2v) is 6.96. The van der Waals surface area contributed by atoms with E-state index in [0.717, 1.165) is 51.1 Å². The quantitative estimate of drug-likeness (QED) is 0.832. The van der Waals surface area contributed by atoms with Gasteiger partial charge in [0.25, 0.3) is 5.91 Å². The van der Waals surface area contributed by atoms with E-state index >= 15 is 0 Å². The summed E-state index contributed by atoms with van der Waals surface area (Å²) < 4.78 is 1.92. The fraction of sp³-hybridized carbons (Fsp3) is 0.556. The van der Waals surface area contributed by atoms with Gasteiger partial charge in [-0.2, -0.15) is 10.2 Å². The van der Waals surface area contributed by atoms with Crippen LogP contribution in [0.3, 0.4) is 0 Å². The van der Waals surface area contributed by atoms with E-state index in [0.29, 0.717) is 18.3 Å². The Morgan fingerprint density at radius 2 is 2.27 bits per heavy atom. The summed E-state index contributed by atoms with van der Waals surface area (Å²) in [6.45, 7) is 3.52. The van der Waals surface area contributed by atoms with Crippen LogP contribution in [-0.4, -0.2) is 58.1 Å². The average Bonchev–Trinajstić information content (AvgIpc) is 3.37. The summed E-state index contributed by atoms with van der Waals surface area (Å²) >= 11 is 0. The third kappa shape index (κ3) is 3.70. The Labute approximate surface area is 153 Å². The predicted octanol–water partition coefficient (Wildman–Crippen LogP) is 0.996. The summed E-state index contributed by atoms with van der Waals surface area (Å²) in [5.74, 6) is 0.761. The van der Waals surface area contributed by atoms with Gasteiger partial charge in [0.1, 0.15) is 5.69 Å². The van der Waals surface area contributed by atoms with E-state index in [2.05, 4.69) is 30.8 Å². The van der Waals surface area contributed by atoms with Crippen molar-refractivity contribution in [3.63, 3.8) is 0 Å². The molecule has 4 rings (SSSR count). The van der Waals surface area contributed by atoms with Crippen molar-refractivity contribution in [1.82, 2.24) is 30.6 Å². The Morgan fingerprint density at radius 3 is 3.08 bits per heavy atom. The van der Waals surface area contributed by atoms with Crippen molar-refractivity contribution in [3.05, 3.63) is 36.3 Å². The summed E-state index contributed by atoms with van der Waals surface area (Å²) in [7, 11) is 0. The molecule has 0 aliphatic carbocycles. The number of nitrogens with zero attached hydrogens (tertiary/aromatic N) is 5. The van der Waals surface area contributed by atoms with Gasteiger partial charge < -0.3 is 15.5 Å². The fourth-order valence-electron chi connectivity index (χ4n) is 3.82. The molecule has 0 radical (unpaired) electrons. The second kappa shape index (κ2) is 7.82. The number of rotatable bonds is 5. The van der Waals surface area contributed by atoms with E-state index < -0.39 is 0 Å². The van der Waals surface area contributed by atoms with Crippen LogP contribution in [0.5, 0.6) is 0 Å². The van der Waals surface area contributed by atoms with Crippen molar-refractivity contribution in [2.24, 2.45) is 0 Å². The van der Waals surface area contributed by atoms with Crippen LogP contribution in [0.15, 0.2) is 30.6 Å². The average molecular weight is 355 g/mol. The van der Waals surface area contributed by atoms with Gasteiger partial charge in [-0.1, -0.05) is 0 Å². The van der Waals surface area contributed by atoms with Crippen LogP contribution in [0, 0.1) is 0 Å². The molecule has 0 bridgehead atoms. The monoisotopic (exact) mass is 355 g/mol. The van der Waals surface area contributed by atoms with E-state index in [1.807, 2.05) is 23.0 Å². The molecule has 26 heavy (non-hydrogen) atoms.